The topological polar surface area (TPSA) is 47.6 Å². The summed E-state index contributed by atoms with van der Waals surface area (Å²) < 4.78 is 11.0. The first-order valence-electron chi connectivity index (χ1n) is 7.48. The van der Waals surface area contributed by atoms with Crippen LogP contribution in [0.2, 0.25) is 5.02 Å². The predicted octanol–water partition coefficient (Wildman–Crippen LogP) is 3.22. The van der Waals surface area contributed by atoms with Crippen LogP contribution in [0, 0.1) is 5.92 Å². The predicted molar refractivity (Wildman–Crippen MR) is 89.0 cm³/mol. The van der Waals surface area contributed by atoms with Crippen molar-refractivity contribution in [3.8, 4) is 11.5 Å². The molecule has 0 radical (unpaired) electrons. The van der Waals surface area contributed by atoms with Gasteiger partial charge in [-0.25, -0.2) is 0 Å². The minimum atomic E-state index is -0.212. The zero-order valence-corrected chi connectivity index (χ0v) is 13.6. The van der Waals surface area contributed by atoms with Crippen molar-refractivity contribution in [2.75, 3.05) is 13.7 Å². The molecule has 1 atom stereocenters. The van der Waals surface area contributed by atoms with Gasteiger partial charge in [-0.15, -0.1) is 0 Å². The molecule has 1 aliphatic heterocycles. The van der Waals surface area contributed by atoms with E-state index in [1.54, 1.807) is 13.2 Å². The van der Waals surface area contributed by atoms with E-state index in [-0.39, 0.29) is 11.8 Å². The number of benzene rings is 2. The lowest BCUT2D eigenvalue weighted by Gasteiger charge is -2.24. The number of hydrogen-bond acceptors (Lipinski definition) is 3. The first-order valence-corrected chi connectivity index (χ1v) is 7.86. The first-order chi connectivity index (χ1) is 11.2. The van der Waals surface area contributed by atoms with Crippen molar-refractivity contribution < 1.29 is 14.3 Å². The Hall–Kier alpha value is -2.20. The van der Waals surface area contributed by atoms with E-state index >= 15 is 0 Å². The number of methoxy groups -OCH3 is 1. The molecule has 0 aliphatic carbocycles. The summed E-state index contributed by atoms with van der Waals surface area (Å²) in [5.41, 5.74) is 1.92. The maximum Gasteiger partial charge on any atom is 0.227 e. The number of para-hydroxylation sites is 1. The van der Waals surface area contributed by atoms with Crippen LogP contribution in [0.3, 0.4) is 0 Å². The molecule has 23 heavy (non-hydrogen) atoms. The summed E-state index contributed by atoms with van der Waals surface area (Å²) >= 11 is 6.01. The van der Waals surface area contributed by atoms with Gasteiger partial charge in [-0.05, 0) is 36.2 Å². The summed E-state index contributed by atoms with van der Waals surface area (Å²) in [5.74, 6) is 1.34. The van der Waals surface area contributed by atoms with E-state index in [2.05, 4.69) is 5.32 Å². The molecule has 0 unspecified atom stereocenters. The van der Waals surface area contributed by atoms with E-state index < -0.39 is 0 Å². The minimum absolute atomic E-state index is 0.0264. The highest BCUT2D eigenvalue weighted by molar-refractivity contribution is 6.30. The highest BCUT2D eigenvalue weighted by Gasteiger charge is 2.26. The molecule has 120 valence electrons. The normalized spacial score (nSPS) is 16.2. The third-order valence-electron chi connectivity index (χ3n) is 3.95. The van der Waals surface area contributed by atoms with E-state index in [9.17, 15) is 4.79 Å². The zero-order valence-electron chi connectivity index (χ0n) is 12.8. The Morgan fingerprint density at radius 3 is 3.00 bits per heavy atom. The molecule has 0 fully saturated rings. The van der Waals surface area contributed by atoms with Gasteiger partial charge in [0.25, 0.3) is 0 Å². The average Bonchev–Trinajstić information content (AvgIpc) is 2.59. The van der Waals surface area contributed by atoms with Crippen molar-refractivity contribution >= 4 is 17.5 Å². The van der Waals surface area contributed by atoms with Crippen LogP contribution in [0.5, 0.6) is 11.5 Å². The van der Waals surface area contributed by atoms with Gasteiger partial charge in [0.2, 0.25) is 5.91 Å². The maximum absolute atomic E-state index is 12.4. The van der Waals surface area contributed by atoms with Crippen molar-refractivity contribution in [3.63, 3.8) is 0 Å². The maximum atomic E-state index is 12.4. The molecule has 2 aromatic rings. The molecular formula is C18H18ClNO3. The van der Waals surface area contributed by atoms with Gasteiger partial charge in [0.1, 0.15) is 18.1 Å². The van der Waals surface area contributed by atoms with Crippen LogP contribution in [0.4, 0.5) is 0 Å². The van der Waals surface area contributed by atoms with E-state index in [4.69, 9.17) is 21.1 Å². The molecule has 0 saturated carbocycles. The molecule has 1 aliphatic rings. The van der Waals surface area contributed by atoms with E-state index in [1.165, 1.54) is 0 Å². The molecule has 1 heterocycles. The van der Waals surface area contributed by atoms with Gasteiger partial charge in [-0.1, -0.05) is 29.8 Å². The van der Waals surface area contributed by atoms with Crippen molar-refractivity contribution in [2.24, 2.45) is 5.92 Å². The Bertz CT molecular complexity index is 717. The summed E-state index contributed by atoms with van der Waals surface area (Å²) in [6.07, 6.45) is 0.633. The second kappa shape index (κ2) is 6.92. The number of hydrogen-bond donors (Lipinski definition) is 1. The van der Waals surface area contributed by atoms with Crippen molar-refractivity contribution in [1.82, 2.24) is 5.32 Å². The molecule has 0 spiro atoms. The SMILES string of the molecule is COc1ccccc1CNC(=O)[C@@H]1COc2ccc(Cl)cc2C1. The van der Waals surface area contributed by atoms with Gasteiger partial charge in [-0.3, -0.25) is 4.79 Å². The number of carbonyl (C=O) groups excluding carboxylic acids is 1. The summed E-state index contributed by atoms with van der Waals surface area (Å²) in [5, 5.41) is 3.61. The van der Waals surface area contributed by atoms with E-state index in [0.29, 0.717) is 24.6 Å². The van der Waals surface area contributed by atoms with Crippen LogP contribution in [0.15, 0.2) is 42.5 Å². The molecule has 1 N–H and O–H groups in total. The fraction of sp³-hybridized carbons (Fsp3) is 0.278. The van der Waals surface area contributed by atoms with Crippen LogP contribution >= 0.6 is 11.6 Å². The largest absolute Gasteiger partial charge is 0.496 e. The minimum Gasteiger partial charge on any atom is -0.496 e. The van der Waals surface area contributed by atoms with E-state index in [1.807, 2.05) is 36.4 Å². The Morgan fingerprint density at radius 2 is 2.17 bits per heavy atom. The molecule has 4 nitrogen and oxygen atoms in total. The average molecular weight is 332 g/mol. The summed E-state index contributed by atoms with van der Waals surface area (Å²) in [7, 11) is 1.62. The number of halogens is 1. The lowest BCUT2D eigenvalue weighted by molar-refractivity contribution is -0.126. The number of ether oxygens (including phenoxy) is 2. The molecule has 3 rings (SSSR count). The van der Waals surface area contributed by atoms with Crippen LogP contribution in [-0.4, -0.2) is 19.6 Å². The monoisotopic (exact) mass is 331 g/mol. The Labute approximate surface area is 140 Å². The number of carbonyl (C=O) groups is 1. The van der Waals surface area contributed by atoms with Crippen LogP contribution in [-0.2, 0) is 17.8 Å². The zero-order chi connectivity index (χ0) is 16.2. The van der Waals surface area contributed by atoms with Crippen molar-refractivity contribution in [1.29, 1.82) is 0 Å². The highest BCUT2D eigenvalue weighted by Crippen LogP contribution is 2.30. The van der Waals surface area contributed by atoms with Crippen molar-refractivity contribution in [2.45, 2.75) is 13.0 Å². The molecule has 0 bridgehead atoms. The quantitative estimate of drug-likeness (QED) is 0.935. The van der Waals surface area contributed by atoms with Crippen LogP contribution in [0.25, 0.3) is 0 Å². The fourth-order valence-electron chi connectivity index (χ4n) is 2.71. The summed E-state index contributed by atoms with van der Waals surface area (Å²) in [6.45, 7) is 0.814. The molecule has 1 amide bonds. The summed E-state index contributed by atoms with van der Waals surface area (Å²) in [4.78, 5) is 12.4. The Balaban J connectivity index is 1.63. The number of rotatable bonds is 4. The first kappa shape index (κ1) is 15.7. The Morgan fingerprint density at radius 1 is 1.35 bits per heavy atom. The van der Waals surface area contributed by atoms with Gasteiger partial charge in [0.05, 0.1) is 13.0 Å². The van der Waals surface area contributed by atoms with Crippen LogP contribution in [0.1, 0.15) is 11.1 Å². The lowest BCUT2D eigenvalue weighted by atomic mass is 9.96. The van der Waals surface area contributed by atoms with Crippen LogP contribution < -0.4 is 14.8 Å². The van der Waals surface area contributed by atoms with Gasteiger partial charge < -0.3 is 14.8 Å². The second-order valence-corrected chi connectivity index (χ2v) is 5.93. The third kappa shape index (κ3) is 3.59. The third-order valence-corrected chi connectivity index (χ3v) is 4.18. The Kier molecular flexibility index (Phi) is 4.72. The molecule has 0 saturated heterocycles. The smallest absolute Gasteiger partial charge is 0.227 e. The van der Waals surface area contributed by atoms with E-state index in [0.717, 1.165) is 22.6 Å². The fourth-order valence-corrected chi connectivity index (χ4v) is 2.90. The summed E-state index contributed by atoms with van der Waals surface area (Å²) in [6, 6.07) is 13.1. The van der Waals surface area contributed by atoms with Gasteiger partial charge in [-0.2, -0.15) is 0 Å². The molecule has 2 aromatic carbocycles. The standard InChI is InChI=1S/C18H18ClNO3/c1-22-16-5-3-2-4-12(16)10-20-18(21)14-8-13-9-15(19)6-7-17(13)23-11-14/h2-7,9,14H,8,10-11H2,1H3,(H,20,21)/t14-/m0/s1. The van der Waals surface area contributed by atoms with Crippen molar-refractivity contribution in [3.05, 3.63) is 58.6 Å². The van der Waals surface area contributed by atoms with Gasteiger partial charge in [0, 0.05) is 17.1 Å². The number of amides is 1. The second-order valence-electron chi connectivity index (χ2n) is 5.49. The van der Waals surface area contributed by atoms with Gasteiger partial charge in [0.15, 0.2) is 0 Å². The highest BCUT2D eigenvalue weighted by atomic mass is 35.5. The number of nitrogens with one attached hydrogen (secondary N) is 1. The van der Waals surface area contributed by atoms with Gasteiger partial charge >= 0.3 is 0 Å². The molecular weight excluding hydrogens is 314 g/mol. The number of fused-ring (bicyclic) bond motifs is 1. The molecule has 0 aromatic heterocycles. The molecule has 5 heteroatoms. The lowest BCUT2D eigenvalue weighted by Crippen LogP contribution is -2.37.